The minimum Gasteiger partial charge on any atom is -0.496 e. The molecule has 4 atom stereocenters. The Kier molecular flexibility index (Phi) is 4.10. The maximum atomic E-state index is 11.9. The highest BCUT2D eigenvalue weighted by molar-refractivity contribution is 5.73. The van der Waals surface area contributed by atoms with E-state index in [4.69, 9.17) is 9.47 Å². The summed E-state index contributed by atoms with van der Waals surface area (Å²) in [7, 11) is 5.06. The molecule has 1 N–H and O–H groups in total. The molecule has 5 nitrogen and oxygen atoms in total. The van der Waals surface area contributed by atoms with Gasteiger partial charge in [-0.1, -0.05) is 12.1 Å². The SMILES string of the molecule is COC(=O)C1CN(C)C2Cc3cccc(OC)c3CC2C1O. The van der Waals surface area contributed by atoms with Crippen LogP contribution in [0, 0.1) is 11.8 Å². The molecule has 1 saturated heterocycles. The van der Waals surface area contributed by atoms with E-state index in [1.165, 1.54) is 12.7 Å². The lowest BCUT2D eigenvalue weighted by atomic mass is 9.71. The molecule has 1 aromatic carbocycles. The van der Waals surface area contributed by atoms with Crippen LogP contribution in [0.5, 0.6) is 5.75 Å². The third-order valence-electron chi connectivity index (χ3n) is 5.22. The molecule has 22 heavy (non-hydrogen) atoms. The molecule has 0 bridgehead atoms. The van der Waals surface area contributed by atoms with Crippen molar-refractivity contribution in [1.29, 1.82) is 0 Å². The molecule has 0 radical (unpaired) electrons. The number of hydrogen-bond donors (Lipinski definition) is 1. The number of esters is 1. The van der Waals surface area contributed by atoms with E-state index in [9.17, 15) is 9.90 Å². The quantitative estimate of drug-likeness (QED) is 0.822. The molecule has 0 aromatic heterocycles. The Morgan fingerprint density at radius 3 is 2.77 bits per heavy atom. The van der Waals surface area contributed by atoms with Crippen molar-refractivity contribution >= 4 is 5.97 Å². The molecule has 0 saturated carbocycles. The molecule has 1 heterocycles. The number of benzene rings is 1. The van der Waals surface area contributed by atoms with Crippen LogP contribution in [0.4, 0.5) is 0 Å². The molecule has 0 amide bonds. The van der Waals surface area contributed by atoms with Crippen LogP contribution in [0.2, 0.25) is 0 Å². The largest absolute Gasteiger partial charge is 0.496 e. The summed E-state index contributed by atoms with van der Waals surface area (Å²) in [4.78, 5) is 14.1. The summed E-state index contributed by atoms with van der Waals surface area (Å²) in [5.74, 6) is 0.0776. The summed E-state index contributed by atoms with van der Waals surface area (Å²) in [6.07, 6.45) is 0.925. The van der Waals surface area contributed by atoms with Gasteiger partial charge in [-0.2, -0.15) is 0 Å². The van der Waals surface area contributed by atoms with Crippen molar-refractivity contribution in [3.63, 3.8) is 0 Å². The average Bonchev–Trinajstić information content (AvgIpc) is 2.55. The third-order valence-corrected chi connectivity index (χ3v) is 5.22. The van der Waals surface area contributed by atoms with Gasteiger partial charge in [0.2, 0.25) is 0 Å². The minimum atomic E-state index is -0.674. The maximum Gasteiger partial charge on any atom is 0.312 e. The van der Waals surface area contributed by atoms with Gasteiger partial charge >= 0.3 is 5.97 Å². The molecule has 0 spiro atoms. The van der Waals surface area contributed by atoms with Gasteiger partial charge in [0, 0.05) is 18.5 Å². The van der Waals surface area contributed by atoms with Crippen molar-refractivity contribution in [2.75, 3.05) is 27.8 Å². The second-order valence-corrected chi connectivity index (χ2v) is 6.30. The van der Waals surface area contributed by atoms with Crippen molar-refractivity contribution in [2.24, 2.45) is 11.8 Å². The van der Waals surface area contributed by atoms with Crippen LogP contribution in [-0.2, 0) is 22.4 Å². The van der Waals surface area contributed by atoms with Gasteiger partial charge in [-0.05, 0) is 37.1 Å². The van der Waals surface area contributed by atoms with Crippen molar-refractivity contribution in [3.8, 4) is 5.75 Å². The van der Waals surface area contributed by atoms with E-state index in [2.05, 4.69) is 11.0 Å². The smallest absolute Gasteiger partial charge is 0.312 e. The molecule has 1 aromatic rings. The lowest BCUT2D eigenvalue weighted by Crippen LogP contribution is -2.59. The van der Waals surface area contributed by atoms with Gasteiger partial charge in [0.15, 0.2) is 0 Å². The summed E-state index contributed by atoms with van der Waals surface area (Å²) in [6, 6.07) is 6.33. The van der Waals surface area contributed by atoms with E-state index in [1.807, 2.05) is 19.2 Å². The van der Waals surface area contributed by atoms with E-state index in [1.54, 1.807) is 7.11 Å². The minimum absolute atomic E-state index is 0.0200. The Morgan fingerprint density at radius 2 is 2.09 bits per heavy atom. The predicted molar refractivity (Wildman–Crippen MR) is 81.8 cm³/mol. The van der Waals surface area contributed by atoms with Crippen LogP contribution in [-0.4, -0.2) is 55.9 Å². The number of aliphatic hydroxyl groups is 1. The second-order valence-electron chi connectivity index (χ2n) is 6.30. The Hall–Kier alpha value is -1.59. The van der Waals surface area contributed by atoms with Crippen molar-refractivity contribution in [1.82, 2.24) is 4.90 Å². The number of ether oxygens (including phenoxy) is 2. The first-order chi connectivity index (χ1) is 10.6. The van der Waals surface area contributed by atoms with Gasteiger partial charge in [-0.3, -0.25) is 4.79 Å². The van der Waals surface area contributed by atoms with E-state index in [-0.39, 0.29) is 17.9 Å². The number of methoxy groups -OCH3 is 2. The molecule has 2 aliphatic rings. The average molecular weight is 305 g/mol. The first kappa shape index (κ1) is 15.3. The van der Waals surface area contributed by atoms with Crippen molar-refractivity contribution in [3.05, 3.63) is 29.3 Å². The van der Waals surface area contributed by atoms with Gasteiger partial charge in [-0.25, -0.2) is 0 Å². The Morgan fingerprint density at radius 1 is 1.32 bits per heavy atom. The normalized spacial score (nSPS) is 31.1. The van der Waals surface area contributed by atoms with Crippen LogP contribution >= 0.6 is 0 Å². The molecule has 1 fully saturated rings. The van der Waals surface area contributed by atoms with Gasteiger partial charge in [0.05, 0.1) is 26.2 Å². The molecule has 1 aliphatic heterocycles. The summed E-state index contributed by atoms with van der Waals surface area (Å²) >= 11 is 0. The maximum absolute atomic E-state index is 11.9. The van der Waals surface area contributed by atoms with Gasteiger partial charge < -0.3 is 19.5 Å². The zero-order valence-electron chi connectivity index (χ0n) is 13.3. The first-order valence-electron chi connectivity index (χ1n) is 7.67. The monoisotopic (exact) mass is 305 g/mol. The standard InChI is InChI=1S/C17H23NO4/c1-18-9-13(17(20)22-3)16(19)12-8-11-10(7-14(12)18)5-4-6-15(11)21-2/h4-6,12-14,16,19H,7-9H2,1-3H3. The third kappa shape index (κ3) is 2.38. The summed E-state index contributed by atoms with van der Waals surface area (Å²) < 4.78 is 10.3. The fourth-order valence-electron chi connectivity index (χ4n) is 4.02. The second kappa shape index (κ2) is 5.89. The summed E-state index contributed by atoms with van der Waals surface area (Å²) in [6.45, 7) is 0.536. The highest BCUT2D eigenvalue weighted by atomic mass is 16.5. The van der Waals surface area contributed by atoms with Crippen LogP contribution in [0.3, 0.4) is 0 Å². The van der Waals surface area contributed by atoms with Gasteiger partial charge in [0.1, 0.15) is 5.75 Å². The number of hydrogen-bond acceptors (Lipinski definition) is 5. The van der Waals surface area contributed by atoms with Crippen LogP contribution < -0.4 is 4.74 Å². The topological polar surface area (TPSA) is 59.0 Å². The first-order valence-corrected chi connectivity index (χ1v) is 7.67. The number of rotatable bonds is 2. The summed E-state index contributed by atoms with van der Waals surface area (Å²) in [5.41, 5.74) is 2.43. The van der Waals surface area contributed by atoms with E-state index < -0.39 is 12.0 Å². The Labute approximate surface area is 130 Å². The Bertz CT molecular complexity index is 574. The molecule has 120 valence electrons. The number of aliphatic hydroxyl groups excluding tert-OH is 1. The number of piperidine rings is 1. The van der Waals surface area contributed by atoms with E-state index >= 15 is 0 Å². The van der Waals surface area contributed by atoms with Crippen LogP contribution in [0.15, 0.2) is 18.2 Å². The molecule has 5 heteroatoms. The lowest BCUT2D eigenvalue weighted by molar-refractivity contribution is -0.157. The highest BCUT2D eigenvalue weighted by Gasteiger charge is 2.47. The summed E-state index contributed by atoms with van der Waals surface area (Å²) in [5, 5.41) is 10.7. The van der Waals surface area contributed by atoms with Crippen LogP contribution in [0.1, 0.15) is 11.1 Å². The van der Waals surface area contributed by atoms with E-state index in [0.717, 1.165) is 24.2 Å². The number of likely N-dealkylation sites (tertiary alicyclic amines) is 1. The molecule has 1 aliphatic carbocycles. The number of likely N-dealkylation sites (N-methyl/N-ethyl adjacent to an activating group) is 1. The lowest BCUT2D eigenvalue weighted by Gasteiger charge is -2.48. The van der Waals surface area contributed by atoms with Crippen LogP contribution in [0.25, 0.3) is 0 Å². The molecular formula is C17H23NO4. The number of nitrogens with zero attached hydrogens (tertiary/aromatic N) is 1. The molecular weight excluding hydrogens is 282 g/mol. The molecule has 4 unspecified atom stereocenters. The van der Waals surface area contributed by atoms with Crippen molar-refractivity contribution in [2.45, 2.75) is 25.0 Å². The number of fused-ring (bicyclic) bond motifs is 2. The number of carbonyl (C=O) groups excluding carboxylic acids is 1. The Balaban J connectivity index is 1.93. The fourth-order valence-corrected chi connectivity index (χ4v) is 4.02. The zero-order chi connectivity index (χ0) is 15.9. The zero-order valence-corrected chi connectivity index (χ0v) is 13.3. The van der Waals surface area contributed by atoms with Gasteiger partial charge in [-0.15, -0.1) is 0 Å². The predicted octanol–water partition coefficient (Wildman–Crippen LogP) is 0.874. The van der Waals surface area contributed by atoms with E-state index in [0.29, 0.717) is 6.54 Å². The highest BCUT2D eigenvalue weighted by Crippen LogP contribution is 2.39. The number of carbonyl (C=O) groups is 1. The van der Waals surface area contributed by atoms with Crippen molar-refractivity contribution < 1.29 is 19.4 Å². The molecule has 3 rings (SSSR count). The van der Waals surface area contributed by atoms with Gasteiger partial charge in [0.25, 0.3) is 0 Å². The fraction of sp³-hybridized carbons (Fsp3) is 0.588.